The van der Waals surface area contributed by atoms with Crippen LogP contribution >= 0.6 is 0 Å². The van der Waals surface area contributed by atoms with Gasteiger partial charge >= 0.3 is 0 Å². The lowest BCUT2D eigenvalue weighted by atomic mass is 10.1. The molecule has 0 saturated heterocycles. The van der Waals surface area contributed by atoms with Crippen molar-refractivity contribution in [3.8, 4) is 0 Å². The van der Waals surface area contributed by atoms with Gasteiger partial charge in [0.05, 0.1) is 12.2 Å². The Balaban J connectivity index is 2.25. The summed E-state index contributed by atoms with van der Waals surface area (Å²) in [6.07, 6.45) is 3.96. The van der Waals surface area contributed by atoms with E-state index in [1.807, 2.05) is 0 Å². The summed E-state index contributed by atoms with van der Waals surface area (Å²) in [4.78, 5) is 14.0. The number of benzene rings is 1. The molecule has 5 heteroatoms. The van der Waals surface area contributed by atoms with Crippen molar-refractivity contribution in [2.24, 2.45) is 0 Å². The van der Waals surface area contributed by atoms with E-state index in [4.69, 9.17) is 10.8 Å². The molecule has 1 aliphatic carbocycles. The first kappa shape index (κ1) is 13.8. The summed E-state index contributed by atoms with van der Waals surface area (Å²) in [6, 6.07) is 4.09. The highest BCUT2D eigenvalue weighted by Crippen LogP contribution is 2.25. The van der Waals surface area contributed by atoms with E-state index in [2.05, 4.69) is 0 Å². The van der Waals surface area contributed by atoms with E-state index in [-0.39, 0.29) is 30.7 Å². The molecule has 0 aliphatic heterocycles. The van der Waals surface area contributed by atoms with Gasteiger partial charge in [-0.05, 0) is 31.0 Å². The summed E-state index contributed by atoms with van der Waals surface area (Å²) in [5, 5.41) is 9.10. The molecule has 1 fully saturated rings. The van der Waals surface area contributed by atoms with Gasteiger partial charge in [-0.25, -0.2) is 4.39 Å². The molecule has 0 unspecified atom stereocenters. The standard InChI is InChI=1S/C14H19FN2O2/c15-13-6-5-10(16)9-12(13)14(19)17(7-8-18)11-3-1-2-4-11/h5-6,9,11,18H,1-4,7-8,16H2. The second-order valence-corrected chi connectivity index (χ2v) is 4.90. The smallest absolute Gasteiger partial charge is 0.257 e. The van der Waals surface area contributed by atoms with Crippen LogP contribution < -0.4 is 5.73 Å². The Morgan fingerprint density at radius 2 is 2.11 bits per heavy atom. The van der Waals surface area contributed by atoms with Crippen molar-refractivity contribution >= 4 is 11.6 Å². The van der Waals surface area contributed by atoms with Crippen LogP contribution in [0.25, 0.3) is 0 Å². The molecule has 104 valence electrons. The molecule has 1 amide bonds. The molecule has 1 saturated carbocycles. The minimum Gasteiger partial charge on any atom is -0.399 e. The van der Waals surface area contributed by atoms with Gasteiger partial charge in [-0.1, -0.05) is 12.8 Å². The quantitative estimate of drug-likeness (QED) is 0.816. The van der Waals surface area contributed by atoms with Crippen molar-refractivity contribution in [1.82, 2.24) is 4.90 Å². The van der Waals surface area contributed by atoms with E-state index >= 15 is 0 Å². The minimum atomic E-state index is -0.569. The monoisotopic (exact) mass is 266 g/mol. The first-order valence-electron chi connectivity index (χ1n) is 6.60. The van der Waals surface area contributed by atoms with E-state index in [0.717, 1.165) is 25.7 Å². The molecule has 0 bridgehead atoms. The number of amides is 1. The third-order valence-electron chi connectivity index (χ3n) is 3.59. The fourth-order valence-corrected chi connectivity index (χ4v) is 2.64. The fraction of sp³-hybridized carbons (Fsp3) is 0.500. The number of aliphatic hydroxyl groups is 1. The Bertz CT molecular complexity index is 459. The summed E-state index contributed by atoms with van der Waals surface area (Å²) in [7, 11) is 0. The van der Waals surface area contributed by atoms with E-state index in [9.17, 15) is 9.18 Å². The highest BCUT2D eigenvalue weighted by atomic mass is 19.1. The van der Waals surface area contributed by atoms with Gasteiger partial charge in [0.2, 0.25) is 0 Å². The fourth-order valence-electron chi connectivity index (χ4n) is 2.64. The maximum Gasteiger partial charge on any atom is 0.257 e. The molecule has 0 radical (unpaired) electrons. The molecule has 0 heterocycles. The van der Waals surface area contributed by atoms with E-state index in [0.29, 0.717) is 5.69 Å². The Morgan fingerprint density at radius 1 is 1.42 bits per heavy atom. The van der Waals surface area contributed by atoms with Crippen LogP contribution in [0.1, 0.15) is 36.0 Å². The zero-order chi connectivity index (χ0) is 13.8. The van der Waals surface area contributed by atoms with Crippen molar-refractivity contribution in [3.05, 3.63) is 29.6 Å². The maximum atomic E-state index is 13.7. The number of hydrogen-bond donors (Lipinski definition) is 2. The van der Waals surface area contributed by atoms with Gasteiger partial charge < -0.3 is 15.7 Å². The number of aliphatic hydroxyl groups excluding tert-OH is 1. The third kappa shape index (κ3) is 3.04. The predicted octanol–water partition coefficient (Wildman–Crippen LogP) is 1.79. The molecule has 1 aromatic carbocycles. The van der Waals surface area contributed by atoms with E-state index in [1.165, 1.54) is 18.2 Å². The van der Waals surface area contributed by atoms with Gasteiger partial charge in [-0.3, -0.25) is 4.79 Å². The largest absolute Gasteiger partial charge is 0.399 e. The van der Waals surface area contributed by atoms with Crippen LogP contribution in [0.4, 0.5) is 10.1 Å². The second kappa shape index (κ2) is 6.02. The average molecular weight is 266 g/mol. The summed E-state index contributed by atoms with van der Waals surface area (Å²) >= 11 is 0. The number of anilines is 1. The van der Waals surface area contributed by atoms with Crippen molar-refractivity contribution < 1.29 is 14.3 Å². The normalized spacial score (nSPS) is 15.7. The van der Waals surface area contributed by atoms with E-state index in [1.54, 1.807) is 4.90 Å². The highest BCUT2D eigenvalue weighted by Gasteiger charge is 2.28. The predicted molar refractivity (Wildman–Crippen MR) is 71.2 cm³/mol. The van der Waals surface area contributed by atoms with Crippen molar-refractivity contribution in [2.45, 2.75) is 31.7 Å². The molecule has 3 N–H and O–H groups in total. The molecule has 0 spiro atoms. The second-order valence-electron chi connectivity index (χ2n) is 4.90. The van der Waals surface area contributed by atoms with Crippen LogP contribution in [0.5, 0.6) is 0 Å². The first-order chi connectivity index (χ1) is 9.13. The van der Waals surface area contributed by atoms with Gasteiger partial charge in [-0.15, -0.1) is 0 Å². The Morgan fingerprint density at radius 3 is 2.74 bits per heavy atom. The van der Waals surface area contributed by atoms with Gasteiger partial charge in [0.15, 0.2) is 0 Å². The van der Waals surface area contributed by atoms with Crippen LogP contribution in [-0.4, -0.2) is 35.1 Å². The minimum absolute atomic E-state index is 0.0136. The number of carbonyl (C=O) groups excluding carboxylic acids is 1. The summed E-state index contributed by atoms with van der Waals surface area (Å²) in [5.74, 6) is -0.953. The summed E-state index contributed by atoms with van der Waals surface area (Å²) in [6.45, 7) is 0.115. The van der Waals surface area contributed by atoms with Crippen LogP contribution in [0.3, 0.4) is 0 Å². The number of carbonyl (C=O) groups is 1. The lowest BCUT2D eigenvalue weighted by Gasteiger charge is -2.28. The molecule has 4 nitrogen and oxygen atoms in total. The van der Waals surface area contributed by atoms with Crippen molar-refractivity contribution in [3.63, 3.8) is 0 Å². The van der Waals surface area contributed by atoms with Crippen LogP contribution in [0, 0.1) is 5.82 Å². The highest BCUT2D eigenvalue weighted by molar-refractivity contribution is 5.95. The molecule has 19 heavy (non-hydrogen) atoms. The molecule has 2 rings (SSSR count). The lowest BCUT2D eigenvalue weighted by Crippen LogP contribution is -2.41. The zero-order valence-electron chi connectivity index (χ0n) is 10.8. The van der Waals surface area contributed by atoms with Crippen molar-refractivity contribution in [1.29, 1.82) is 0 Å². The van der Waals surface area contributed by atoms with E-state index < -0.39 is 5.82 Å². The molecule has 0 aromatic heterocycles. The number of nitrogens with two attached hydrogens (primary N) is 1. The SMILES string of the molecule is Nc1ccc(F)c(C(=O)N(CCO)C2CCCC2)c1. The van der Waals surface area contributed by atoms with Crippen molar-refractivity contribution in [2.75, 3.05) is 18.9 Å². The lowest BCUT2D eigenvalue weighted by molar-refractivity contribution is 0.0633. The number of rotatable bonds is 4. The number of halogens is 1. The maximum absolute atomic E-state index is 13.7. The number of hydrogen-bond acceptors (Lipinski definition) is 3. The molecule has 1 aromatic rings. The summed E-state index contributed by atoms with van der Waals surface area (Å²) < 4.78 is 13.7. The molecule has 0 atom stereocenters. The van der Waals surface area contributed by atoms with Gasteiger partial charge in [0.25, 0.3) is 5.91 Å². The Hall–Kier alpha value is -1.62. The van der Waals surface area contributed by atoms with Gasteiger partial charge in [0, 0.05) is 18.3 Å². The van der Waals surface area contributed by atoms with Crippen LogP contribution in [0.2, 0.25) is 0 Å². The molecular weight excluding hydrogens is 247 g/mol. The molecular formula is C14H19FN2O2. The number of nitrogen functional groups attached to an aromatic ring is 1. The topological polar surface area (TPSA) is 66.6 Å². The summed E-state index contributed by atoms with van der Waals surface area (Å²) in [5.41, 5.74) is 5.95. The van der Waals surface area contributed by atoms with Gasteiger partial charge in [0.1, 0.15) is 5.82 Å². The third-order valence-corrected chi connectivity index (χ3v) is 3.59. The first-order valence-corrected chi connectivity index (χ1v) is 6.60. The average Bonchev–Trinajstić information content (AvgIpc) is 2.92. The van der Waals surface area contributed by atoms with Crippen LogP contribution in [-0.2, 0) is 0 Å². The van der Waals surface area contributed by atoms with Gasteiger partial charge in [-0.2, -0.15) is 0 Å². The Kier molecular flexibility index (Phi) is 4.37. The molecule has 1 aliphatic rings. The van der Waals surface area contributed by atoms with Crippen LogP contribution in [0.15, 0.2) is 18.2 Å². The Labute approximate surface area is 112 Å². The number of nitrogens with zero attached hydrogens (tertiary/aromatic N) is 1. The zero-order valence-corrected chi connectivity index (χ0v) is 10.8.